The lowest BCUT2D eigenvalue weighted by atomic mass is 9.44. The normalized spacial score (nSPS) is 45.4. The number of hydrogen-bond donors (Lipinski definition) is 3. The molecule has 5 aliphatic rings. The Morgan fingerprint density at radius 3 is 2.59 bits per heavy atom. The van der Waals surface area contributed by atoms with Crippen molar-refractivity contribution in [1.29, 1.82) is 0 Å². The molecule has 1 unspecified atom stereocenters. The molecule has 6 rings (SSSR count). The molecule has 1 aliphatic heterocycles. The van der Waals surface area contributed by atoms with Gasteiger partial charge in [0.25, 0.3) is 0 Å². The van der Waals surface area contributed by atoms with Gasteiger partial charge in [-0.1, -0.05) is 45.9 Å². The van der Waals surface area contributed by atoms with Crippen LogP contribution < -0.4 is 10.6 Å². The minimum Gasteiger partial charge on any atom is -0.396 e. The lowest BCUT2D eigenvalue weighted by Gasteiger charge is -2.61. The lowest BCUT2D eigenvalue weighted by Crippen LogP contribution is -2.56. The average molecular weight is 537 g/mol. The molecule has 0 bridgehead atoms. The Morgan fingerprint density at radius 2 is 1.82 bits per heavy atom. The van der Waals surface area contributed by atoms with Crippen molar-refractivity contribution in [3.8, 4) is 0 Å². The molecule has 5 fully saturated rings. The number of rotatable bonds is 6. The van der Waals surface area contributed by atoms with E-state index in [1.807, 2.05) is 30.3 Å². The van der Waals surface area contributed by atoms with Gasteiger partial charge in [-0.3, -0.25) is 0 Å². The second-order valence-corrected chi connectivity index (χ2v) is 14.8. The van der Waals surface area contributed by atoms with Gasteiger partial charge in [-0.05, 0) is 129 Å². The zero-order valence-electron chi connectivity index (χ0n) is 24.7. The lowest BCUT2D eigenvalue weighted by molar-refractivity contribution is -0.118. The molecule has 4 saturated carbocycles. The van der Waals surface area contributed by atoms with Crippen LogP contribution in [0.1, 0.15) is 91.9 Å². The summed E-state index contributed by atoms with van der Waals surface area (Å²) in [6, 6.07) is 9.98. The molecule has 0 spiro atoms. The molecule has 5 heteroatoms. The summed E-state index contributed by atoms with van der Waals surface area (Å²) in [5.41, 5.74) is 1.68. The van der Waals surface area contributed by atoms with Crippen molar-refractivity contribution in [1.82, 2.24) is 5.32 Å². The number of urea groups is 1. The highest BCUT2D eigenvalue weighted by molar-refractivity contribution is 5.89. The first-order chi connectivity index (χ1) is 18.7. The first kappa shape index (κ1) is 27.6. The number of amides is 2. The molecule has 2 amide bonds. The standard InChI is InChI=1S/C34H52N2O3/c1-21(20-37)10-13-29-22(2)31-30(39-29)19-28-26-12-11-23-18-25(36-32(38)35-24-8-6-5-7-9-24)14-16-33(23,3)27(26)15-17-34(28,31)4/h5-9,21-23,25-31,37H,10-20H2,1-4H3,(H2,35,36,38)/t21-,22+,23+,25+,26+,27-,28-,29?,30-,31-,33-,34-/m0/s1. The average Bonchev–Trinajstić information content (AvgIpc) is 3.40. The third kappa shape index (κ3) is 4.84. The summed E-state index contributed by atoms with van der Waals surface area (Å²) in [5.74, 6) is 4.88. The number of nitrogens with one attached hydrogen (secondary N) is 2. The number of hydrogen-bond acceptors (Lipinski definition) is 3. The van der Waals surface area contributed by atoms with E-state index in [9.17, 15) is 9.90 Å². The van der Waals surface area contributed by atoms with E-state index in [1.165, 1.54) is 38.5 Å². The molecule has 4 aliphatic carbocycles. The highest BCUT2D eigenvalue weighted by Crippen LogP contribution is 2.70. The largest absolute Gasteiger partial charge is 0.396 e. The first-order valence-corrected chi connectivity index (χ1v) is 16.1. The molecular weight excluding hydrogens is 484 g/mol. The van der Waals surface area contributed by atoms with E-state index >= 15 is 0 Å². The van der Waals surface area contributed by atoms with Gasteiger partial charge in [0.1, 0.15) is 0 Å². The van der Waals surface area contributed by atoms with Gasteiger partial charge >= 0.3 is 6.03 Å². The summed E-state index contributed by atoms with van der Waals surface area (Å²) < 4.78 is 6.83. The van der Waals surface area contributed by atoms with E-state index < -0.39 is 0 Å². The maximum Gasteiger partial charge on any atom is 0.319 e. The Hall–Kier alpha value is -1.59. The monoisotopic (exact) mass is 536 g/mol. The third-order valence-electron chi connectivity index (χ3n) is 12.9. The van der Waals surface area contributed by atoms with E-state index in [1.54, 1.807) is 0 Å². The molecule has 216 valence electrons. The quantitative estimate of drug-likeness (QED) is 0.358. The smallest absolute Gasteiger partial charge is 0.319 e. The minimum atomic E-state index is -0.0624. The Kier molecular flexibility index (Phi) is 7.54. The van der Waals surface area contributed by atoms with Crippen LogP contribution in [-0.4, -0.2) is 36.0 Å². The number of aliphatic hydroxyl groups is 1. The van der Waals surface area contributed by atoms with E-state index in [2.05, 4.69) is 38.3 Å². The van der Waals surface area contributed by atoms with Gasteiger partial charge in [0, 0.05) is 18.3 Å². The molecule has 1 heterocycles. The summed E-state index contributed by atoms with van der Waals surface area (Å²) in [4.78, 5) is 12.7. The summed E-state index contributed by atoms with van der Waals surface area (Å²) >= 11 is 0. The number of carbonyl (C=O) groups is 1. The third-order valence-corrected chi connectivity index (χ3v) is 12.9. The number of aliphatic hydroxyl groups excluding tert-OH is 1. The van der Waals surface area contributed by atoms with Crippen molar-refractivity contribution in [3.05, 3.63) is 30.3 Å². The topological polar surface area (TPSA) is 70.6 Å². The van der Waals surface area contributed by atoms with Gasteiger partial charge < -0.3 is 20.5 Å². The first-order valence-electron chi connectivity index (χ1n) is 16.1. The van der Waals surface area contributed by atoms with Crippen LogP contribution in [0.4, 0.5) is 10.5 Å². The van der Waals surface area contributed by atoms with Gasteiger partial charge in [0.2, 0.25) is 0 Å². The zero-order chi connectivity index (χ0) is 27.4. The molecule has 1 aromatic rings. The fraction of sp³-hybridized carbons (Fsp3) is 0.794. The van der Waals surface area contributed by atoms with Crippen molar-refractivity contribution in [3.63, 3.8) is 0 Å². The molecule has 0 aromatic heterocycles. The van der Waals surface area contributed by atoms with Crippen LogP contribution in [0.25, 0.3) is 0 Å². The van der Waals surface area contributed by atoms with E-state index in [4.69, 9.17) is 4.74 Å². The minimum absolute atomic E-state index is 0.0624. The van der Waals surface area contributed by atoms with Crippen LogP contribution in [0.5, 0.6) is 0 Å². The van der Waals surface area contributed by atoms with Crippen LogP contribution in [0.15, 0.2) is 30.3 Å². The Morgan fingerprint density at radius 1 is 1.05 bits per heavy atom. The molecule has 0 radical (unpaired) electrons. The van der Waals surface area contributed by atoms with Crippen molar-refractivity contribution in [2.75, 3.05) is 11.9 Å². The van der Waals surface area contributed by atoms with E-state index in [-0.39, 0.29) is 18.7 Å². The zero-order valence-corrected chi connectivity index (χ0v) is 24.7. The van der Waals surface area contributed by atoms with Crippen molar-refractivity contribution >= 4 is 11.7 Å². The molecule has 1 aromatic carbocycles. The highest BCUT2D eigenvalue weighted by atomic mass is 16.5. The Balaban J connectivity index is 1.09. The molecule has 3 N–H and O–H groups in total. The highest BCUT2D eigenvalue weighted by Gasteiger charge is 2.65. The fourth-order valence-corrected chi connectivity index (χ4v) is 10.8. The van der Waals surface area contributed by atoms with Gasteiger partial charge in [-0.15, -0.1) is 0 Å². The van der Waals surface area contributed by atoms with Gasteiger partial charge in [-0.2, -0.15) is 0 Å². The number of anilines is 1. The maximum absolute atomic E-state index is 12.7. The second-order valence-electron chi connectivity index (χ2n) is 14.8. The summed E-state index contributed by atoms with van der Waals surface area (Å²) in [7, 11) is 0. The number of para-hydroxylation sites is 1. The predicted molar refractivity (Wildman–Crippen MR) is 156 cm³/mol. The van der Waals surface area contributed by atoms with E-state index in [0.29, 0.717) is 46.7 Å². The van der Waals surface area contributed by atoms with Crippen molar-refractivity contribution < 1.29 is 14.6 Å². The summed E-state index contributed by atoms with van der Waals surface area (Å²) in [6.45, 7) is 10.2. The Labute approximate surface area is 236 Å². The molecular formula is C34H52N2O3. The number of fused-ring (bicyclic) bond motifs is 7. The second kappa shape index (κ2) is 10.7. The van der Waals surface area contributed by atoms with Gasteiger partial charge in [0.15, 0.2) is 0 Å². The summed E-state index contributed by atoms with van der Waals surface area (Å²) in [5, 5.41) is 15.8. The van der Waals surface area contributed by atoms with E-state index in [0.717, 1.165) is 49.1 Å². The predicted octanol–water partition coefficient (Wildman–Crippen LogP) is 7.26. The molecule has 5 nitrogen and oxygen atoms in total. The SMILES string of the molecule is C[C@H](CO)CCC1O[C@H]2C[C@H]3[C@@H]4CC[C@@H]5C[C@H](NC(=O)Nc6ccccc6)CC[C@]5(C)[C@H]4CC[C@]3(C)[C@H]2[C@@H]1C. The number of ether oxygens (including phenoxy) is 1. The van der Waals surface area contributed by atoms with Crippen LogP contribution in [0.3, 0.4) is 0 Å². The van der Waals surface area contributed by atoms with Gasteiger partial charge in [-0.25, -0.2) is 4.79 Å². The maximum atomic E-state index is 12.7. The molecule has 12 atom stereocenters. The fourth-order valence-electron chi connectivity index (χ4n) is 10.8. The Bertz CT molecular complexity index is 1020. The van der Waals surface area contributed by atoms with Gasteiger partial charge in [0.05, 0.1) is 12.2 Å². The number of benzene rings is 1. The van der Waals surface area contributed by atoms with Crippen LogP contribution in [0.2, 0.25) is 0 Å². The van der Waals surface area contributed by atoms with Crippen LogP contribution in [0, 0.1) is 52.3 Å². The van der Waals surface area contributed by atoms with Crippen LogP contribution >= 0.6 is 0 Å². The van der Waals surface area contributed by atoms with Crippen LogP contribution in [-0.2, 0) is 4.74 Å². The molecule has 39 heavy (non-hydrogen) atoms. The summed E-state index contributed by atoms with van der Waals surface area (Å²) in [6.07, 6.45) is 13.1. The number of carbonyl (C=O) groups excluding carboxylic acids is 1. The van der Waals surface area contributed by atoms with Crippen molar-refractivity contribution in [2.24, 2.45) is 52.3 Å². The van der Waals surface area contributed by atoms with Crippen molar-refractivity contribution in [2.45, 2.75) is 110 Å². The molecule has 1 saturated heterocycles.